The van der Waals surface area contributed by atoms with Gasteiger partial charge in [-0.2, -0.15) is 0 Å². The maximum atomic E-state index is 4.18. The number of hydrogen-bond donors (Lipinski definition) is 2. The first kappa shape index (κ1) is 8.79. The maximum Gasteiger partial charge on any atom is 0.250 e. The molecule has 1 aromatic rings. The lowest BCUT2D eigenvalue weighted by atomic mass is 10.1. The molecule has 2 heterocycles. The summed E-state index contributed by atoms with van der Waals surface area (Å²) >= 11 is 0. The standard InChI is InChI=1S/C7H11N7/c1-5(2)7(9-4-11-14-7)12-6-8-3-10-13-6/h3-5H,1-2H3,(H2,8,10,12,13). The Balaban J connectivity index is 2.21. The molecular formula is C7H11N7. The highest BCUT2D eigenvalue weighted by Crippen LogP contribution is 2.27. The van der Waals surface area contributed by atoms with E-state index in [1.54, 1.807) is 0 Å². The average Bonchev–Trinajstić information content (AvgIpc) is 2.76. The molecule has 1 aliphatic rings. The summed E-state index contributed by atoms with van der Waals surface area (Å²) < 4.78 is 0. The monoisotopic (exact) mass is 193 g/mol. The highest BCUT2D eigenvalue weighted by molar-refractivity contribution is 5.58. The average molecular weight is 193 g/mol. The van der Waals surface area contributed by atoms with Gasteiger partial charge in [0.05, 0.1) is 0 Å². The zero-order chi connectivity index (χ0) is 10.0. The fourth-order valence-electron chi connectivity index (χ4n) is 1.15. The Labute approximate surface area is 80.8 Å². The van der Waals surface area contributed by atoms with E-state index >= 15 is 0 Å². The molecule has 1 aliphatic heterocycles. The number of anilines is 1. The molecule has 0 bridgehead atoms. The summed E-state index contributed by atoms with van der Waals surface area (Å²) in [5, 5.41) is 17.3. The van der Waals surface area contributed by atoms with Crippen LogP contribution in [-0.4, -0.2) is 27.3 Å². The molecule has 0 saturated heterocycles. The molecule has 0 amide bonds. The van der Waals surface area contributed by atoms with Crippen molar-refractivity contribution >= 4 is 12.3 Å². The Kier molecular flexibility index (Phi) is 1.99. The molecule has 2 rings (SSSR count). The van der Waals surface area contributed by atoms with Crippen LogP contribution in [-0.2, 0) is 0 Å². The number of aromatic amines is 1. The van der Waals surface area contributed by atoms with Gasteiger partial charge in [-0.3, -0.25) is 5.10 Å². The molecule has 74 valence electrons. The van der Waals surface area contributed by atoms with Gasteiger partial charge in [0.1, 0.15) is 12.7 Å². The Morgan fingerprint density at radius 2 is 2.36 bits per heavy atom. The Morgan fingerprint density at radius 3 is 2.86 bits per heavy atom. The molecule has 7 heteroatoms. The van der Waals surface area contributed by atoms with Crippen molar-refractivity contribution in [2.24, 2.45) is 21.1 Å². The lowest BCUT2D eigenvalue weighted by molar-refractivity contribution is 0.368. The second-order valence-electron chi connectivity index (χ2n) is 3.29. The number of aromatic nitrogens is 3. The van der Waals surface area contributed by atoms with Crippen molar-refractivity contribution in [2.45, 2.75) is 19.6 Å². The van der Waals surface area contributed by atoms with E-state index in [0.29, 0.717) is 5.95 Å². The molecule has 1 atom stereocenters. The van der Waals surface area contributed by atoms with Gasteiger partial charge in [0.15, 0.2) is 0 Å². The summed E-state index contributed by atoms with van der Waals surface area (Å²) in [6, 6.07) is 0. The second kappa shape index (κ2) is 3.17. The first-order valence-corrected chi connectivity index (χ1v) is 4.32. The number of aliphatic imine (C=N–C) groups is 1. The lowest BCUT2D eigenvalue weighted by Gasteiger charge is -2.25. The summed E-state index contributed by atoms with van der Waals surface area (Å²) in [4.78, 5) is 8.13. The minimum Gasteiger partial charge on any atom is -0.308 e. The molecule has 0 fully saturated rings. The third kappa shape index (κ3) is 1.36. The van der Waals surface area contributed by atoms with Gasteiger partial charge in [-0.1, -0.05) is 13.8 Å². The third-order valence-electron chi connectivity index (χ3n) is 2.03. The van der Waals surface area contributed by atoms with E-state index in [2.05, 4.69) is 35.7 Å². The van der Waals surface area contributed by atoms with Gasteiger partial charge in [0.2, 0.25) is 5.95 Å². The number of hydrogen-bond acceptors (Lipinski definition) is 6. The van der Waals surface area contributed by atoms with Crippen LogP contribution in [0.15, 0.2) is 21.5 Å². The van der Waals surface area contributed by atoms with Crippen LogP contribution < -0.4 is 5.32 Å². The summed E-state index contributed by atoms with van der Waals surface area (Å²) in [6.45, 7) is 4.00. The Hall–Kier alpha value is -1.79. The van der Waals surface area contributed by atoms with Crippen molar-refractivity contribution in [1.82, 2.24) is 15.2 Å². The van der Waals surface area contributed by atoms with Crippen LogP contribution in [0.25, 0.3) is 0 Å². The van der Waals surface area contributed by atoms with Crippen LogP contribution in [0, 0.1) is 5.92 Å². The van der Waals surface area contributed by atoms with Crippen molar-refractivity contribution in [3.63, 3.8) is 0 Å². The molecule has 0 saturated carbocycles. The van der Waals surface area contributed by atoms with Gasteiger partial charge < -0.3 is 5.32 Å². The molecule has 0 spiro atoms. The van der Waals surface area contributed by atoms with E-state index in [1.807, 2.05) is 13.8 Å². The first-order valence-electron chi connectivity index (χ1n) is 4.32. The van der Waals surface area contributed by atoms with Crippen LogP contribution >= 0.6 is 0 Å². The molecule has 1 unspecified atom stereocenters. The third-order valence-corrected chi connectivity index (χ3v) is 2.03. The lowest BCUT2D eigenvalue weighted by Crippen LogP contribution is -2.38. The number of nitrogens with zero attached hydrogens (tertiary/aromatic N) is 5. The van der Waals surface area contributed by atoms with Gasteiger partial charge in [-0.25, -0.2) is 9.98 Å². The topological polar surface area (TPSA) is 90.7 Å². The van der Waals surface area contributed by atoms with Crippen LogP contribution in [0.5, 0.6) is 0 Å². The SMILES string of the molecule is CC(C)C1(Nc2nc[nH]n2)N=CN=N1. The van der Waals surface area contributed by atoms with E-state index in [9.17, 15) is 0 Å². The van der Waals surface area contributed by atoms with Crippen LogP contribution in [0.3, 0.4) is 0 Å². The summed E-state index contributed by atoms with van der Waals surface area (Å²) in [5.74, 6) is -0.109. The normalized spacial score (nSPS) is 24.8. The van der Waals surface area contributed by atoms with Gasteiger partial charge in [0, 0.05) is 5.92 Å². The van der Waals surface area contributed by atoms with E-state index in [4.69, 9.17) is 0 Å². The van der Waals surface area contributed by atoms with Crippen LogP contribution in [0.1, 0.15) is 13.8 Å². The smallest absolute Gasteiger partial charge is 0.250 e. The van der Waals surface area contributed by atoms with E-state index in [0.717, 1.165) is 0 Å². The molecule has 7 nitrogen and oxygen atoms in total. The summed E-state index contributed by atoms with van der Waals surface area (Å²) in [7, 11) is 0. The summed E-state index contributed by atoms with van der Waals surface area (Å²) in [5.41, 5.74) is 0. The van der Waals surface area contributed by atoms with E-state index < -0.39 is 5.79 Å². The highest BCUT2D eigenvalue weighted by atomic mass is 15.5. The van der Waals surface area contributed by atoms with Crippen molar-refractivity contribution < 1.29 is 0 Å². The molecule has 0 aromatic carbocycles. The van der Waals surface area contributed by atoms with Crippen molar-refractivity contribution in [1.29, 1.82) is 0 Å². The fourth-order valence-corrected chi connectivity index (χ4v) is 1.15. The number of nitrogens with one attached hydrogen (secondary N) is 2. The number of azo groups is 1. The molecule has 0 aliphatic carbocycles. The van der Waals surface area contributed by atoms with Crippen molar-refractivity contribution in [3.05, 3.63) is 6.33 Å². The molecule has 1 aromatic heterocycles. The quantitative estimate of drug-likeness (QED) is 0.750. The molecule has 14 heavy (non-hydrogen) atoms. The predicted octanol–water partition coefficient (Wildman–Crippen LogP) is 1.02. The zero-order valence-corrected chi connectivity index (χ0v) is 7.97. The van der Waals surface area contributed by atoms with Crippen molar-refractivity contribution in [3.8, 4) is 0 Å². The zero-order valence-electron chi connectivity index (χ0n) is 7.97. The highest BCUT2D eigenvalue weighted by Gasteiger charge is 2.36. The molecule has 0 radical (unpaired) electrons. The minimum atomic E-state index is -0.748. The number of H-pyrrole nitrogens is 1. The first-order chi connectivity index (χ1) is 6.73. The molecular weight excluding hydrogens is 182 g/mol. The van der Waals surface area contributed by atoms with E-state index in [1.165, 1.54) is 12.7 Å². The van der Waals surface area contributed by atoms with Gasteiger partial charge >= 0.3 is 0 Å². The van der Waals surface area contributed by atoms with Gasteiger partial charge in [0.25, 0.3) is 5.79 Å². The largest absolute Gasteiger partial charge is 0.308 e. The fraction of sp³-hybridized carbons (Fsp3) is 0.571. The summed E-state index contributed by atoms with van der Waals surface area (Å²) in [6.07, 6.45) is 2.92. The van der Waals surface area contributed by atoms with Crippen LogP contribution in [0.4, 0.5) is 5.95 Å². The Bertz CT molecular complexity index is 338. The van der Waals surface area contributed by atoms with E-state index in [-0.39, 0.29) is 5.92 Å². The van der Waals surface area contributed by atoms with Gasteiger partial charge in [-0.05, 0) is 0 Å². The minimum absolute atomic E-state index is 0.170. The molecule has 2 N–H and O–H groups in total. The van der Waals surface area contributed by atoms with Gasteiger partial charge in [-0.15, -0.1) is 15.3 Å². The predicted molar refractivity (Wildman–Crippen MR) is 50.9 cm³/mol. The second-order valence-corrected chi connectivity index (χ2v) is 3.29. The number of rotatable bonds is 3. The maximum absolute atomic E-state index is 4.18. The van der Waals surface area contributed by atoms with Crippen LogP contribution in [0.2, 0.25) is 0 Å². The van der Waals surface area contributed by atoms with Crippen molar-refractivity contribution in [2.75, 3.05) is 5.32 Å². The Morgan fingerprint density at radius 1 is 1.50 bits per heavy atom.